The molecular weight excluding hydrogens is 522 g/mol. The average molecular weight is 554 g/mol. The minimum Gasteiger partial charge on any atom is -0.352 e. The van der Waals surface area contributed by atoms with Gasteiger partial charge in [-0.1, -0.05) is 91.0 Å². The number of nitrogens with zero attached hydrogens (tertiary/aromatic N) is 3. The van der Waals surface area contributed by atoms with Crippen molar-refractivity contribution in [3.8, 4) is 0 Å². The fourth-order valence-corrected chi connectivity index (χ4v) is 5.56. The largest absolute Gasteiger partial charge is 0.352 e. The molecule has 2 aliphatic rings. The van der Waals surface area contributed by atoms with Gasteiger partial charge < -0.3 is 10.6 Å². The van der Waals surface area contributed by atoms with E-state index in [-0.39, 0.29) is 24.1 Å². The van der Waals surface area contributed by atoms with E-state index in [2.05, 4.69) is 15.6 Å². The van der Waals surface area contributed by atoms with Gasteiger partial charge in [-0.25, -0.2) is 9.89 Å². The third-order valence-electron chi connectivity index (χ3n) is 6.76. The summed E-state index contributed by atoms with van der Waals surface area (Å²) in [6.45, 7) is 4.75. The minimum absolute atomic E-state index is 0.0694. The van der Waals surface area contributed by atoms with E-state index in [0.29, 0.717) is 36.2 Å². The van der Waals surface area contributed by atoms with Gasteiger partial charge in [0.2, 0.25) is 11.8 Å². The van der Waals surface area contributed by atoms with Crippen LogP contribution in [0.3, 0.4) is 0 Å². The first-order chi connectivity index (χ1) is 19.4. The number of thioether (sulfide) groups is 1. The Morgan fingerprint density at radius 1 is 0.925 bits per heavy atom. The zero-order valence-electron chi connectivity index (χ0n) is 22.5. The molecule has 0 spiro atoms. The topological polar surface area (TPSA) is 103 Å². The van der Waals surface area contributed by atoms with Crippen molar-refractivity contribution in [3.63, 3.8) is 0 Å². The van der Waals surface area contributed by atoms with E-state index >= 15 is 0 Å². The summed E-state index contributed by atoms with van der Waals surface area (Å²) in [7, 11) is 0. The van der Waals surface area contributed by atoms with E-state index in [4.69, 9.17) is 4.99 Å². The molecule has 2 atom stereocenters. The molecule has 5 rings (SSSR count). The maximum Gasteiger partial charge on any atom is 0.259 e. The second kappa shape index (κ2) is 12.3. The summed E-state index contributed by atoms with van der Waals surface area (Å²) in [4.78, 5) is 50.3. The van der Waals surface area contributed by atoms with Crippen LogP contribution in [0.25, 0.3) is 0 Å². The van der Waals surface area contributed by atoms with Crippen molar-refractivity contribution in [3.05, 3.63) is 101 Å². The Hall–Kier alpha value is -4.24. The number of amides is 3. The van der Waals surface area contributed by atoms with Crippen LogP contribution in [0, 0.1) is 6.92 Å². The highest BCUT2D eigenvalue weighted by Gasteiger charge is 2.43. The third-order valence-corrected chi connectivity index (χ3v) is 8.07. The number of carbonyl (C=O) groups is 3. The van der Waals surface area contributed by atoms with Crippen molar-refractivity contribution < 1.29 is 14.4 Å². The van der Waals surface area contributed by atoms with Gasteiger partial charge in [-0.05, 0) is 36.6 Å². The first-order valence-corrected chi connectivity index (χ1v) is 14.2. The zero-order valence-corrected chi connectivity index (χ0v) is 23.3. The van der Waals surface area contributed by atoms with E-state index in [0.717, 1.165) is 22.3 Å². The van der Waals surface area contributed by atoms with Gasteiger partial charge in [0.05, 0.1) is 17.4 Å². The van der Waals surface area contributed by atoms with Crippen molar-refractivity contribution in [1.82, 2.24) is 15.5 Å². The molecule has 9 heteroatoms. The molecule has 0 radical (unpaired) electrons. The molecule has 2 heterocycles. The number of amidine groups is 2. The quantitative estimate of drug-likeness (QED) is 0.408. The standard InChI is InChI=1S/C31H31N5O3S/c1-3-26(29(38)33-19-22-15-13-20(2)14-16-22)40-31-35-24-12-8-7-11-23(24)28-34-25(30(39)36(28)31)17-27(37)32-18-21-9-5-4-6-10-21/h4-16,25-26H,3,17-19H2,1-2H3,(H,32,37)(H,33,38)/t25-,26+/m0/s1. The van der Waals surface area contributed by atoms with Gasteiger partial charge in [0, 0.05) is 18.7 Å². The Bertz CT molecular complexity index is 1470. The molecule has 40 heavy (non-hydrogen) atoms. The monoisotopic (exact) mass is 553 g/mol. The predicted octanol–water partition coefficient (Wildman–Crippen LogP) is 4.49. The number of carbonyl (C=O) groups excluding carboxylic acids is 3. The number of hydrogen-bond acceptors (Lipinski definition) is 6. The smallest absolute Gasteiger partial charge is 0.259 e. The normalized spacial score (nSPS) is 16.4. The van der Waals surface area contributed by atoms with Crippen LogP contribution in [0.4, 0.5) is 5.69 Å². The highest BCUT2D eigenvalue weighted by Crippen LogP contribution is 2.35. The number of benzene rings is 3. The maximum atomic E-state index is 13.6. The highest BCUT2D eigenvalue weighted by atomic mass is 32.2. The van der Waals surface area contributed by atoms with Gasteiger partial charge >= 0.3 is 0 Å². The van der Waals surface area contributed by atoms with Crippen molar-refractivity contribution in [1.29, 1.82) is 0 Å². The van der Waals surface area contributed by atoms with E-state index in [1.165, 1.54) is 16.7 Å². The van der Waals surface area contributed by atoms with E-state index in [1.54, 1.807) is 0 Å². The first-order valence-electron chi connectivity index (χ1n) is 13.3. The van der Waals surface area contributed by atoms with Gasteiger partial charge in [-0.15, -0.1) is 0 Å². The maximum absolute atomic E-state index is 13.6. The Kier molecular flexibility index (Phi) is 8.40. The Morgan fingerprint density at radius 2 is 1.60 bits per heavy atom. The van der Waals surface area contributed by atoms with Crippen molar-refractivity contribution >= 4 is 46.2 Å². The third kappa shape index (κ3) is 6.15. The fourth-order valence-electron chi connectivity index (χ4n) is 4.52. The van der Waals surface area contributed by atoms with Gasteiger partial charge in [-0.2, -0.15) is 0 Å². The van der Waals surface area contributed by atoms with Gasteiger partial charge in [-0.3, -0.25) is 19.4 Å². The Balaban J connectivity index is 1.30. The van der Waals surface area contributed by atoms with Gasteiger partial charge in [0.1, 0.15) is 11.9 Å². The molecule has 2 aliphatic heterocycles. The summed E-state index contributed by atoms with van der Waals surface area (Å²) in [5.41, 5.74) is 4.55. The first kappa shape index (κ1) is 27.3. The summed E-state index contributed by atoms with van der Waals surface area (Å²) >= 11 is 1.25. The molecule has 0 aromatic heterocycles. The molecule has 3 amide bonds. The summed E-state index contributed by atoms with van der Waals surface area (Å²) in [5, 5.41) is 5.82. The molecule has 3 aromatic carbocycles. The lowest BCUT2D eigenvalue weighted by Crippen LogP contribution is -2.43. The lowest BCUT2D eigenvalue weighted by molar-refractivity contribution is -0.128. The molecule has 2 N–H and O–H groups in total. The number of rotatable bonds is 9. The summed E-state index contributed by atoms with van der Waals surface area (Å²) < 4.78 is 0. The zero-order chi connectivity index (χ0) is 28.1. The van der Waals surface area contributed by atoms with Crippen molar-refractivity contribution in [2.45, 2.75) is 51.1 Å². The molecule has 0 saturated heterocycles. The molecule has 0 saturated carbocycles. The van der Waals surface area contributed by atoms with E-state index in [9.17, 15) is 14.4 Å². The molecular formula is C31H31N5O3S. The second-order valence-electron chi connectivity index (χ2n) is 9.74. The van der Waals surface area contributed by atoms with Crippen LogP contribution in [0.2, 0.25) is 0 Å². The summed E-state index contributed by atoms with van der Waals surface area (Å²) in [5.74, 6) is -0.237. The second-order valence-corrected chi connectivity index (χ2v) is 10.9. The number of hydrogen-bond donors (Lipinski definition) is 2. The molecule has 0 unspecified atom stereocenters. The molecule has 3 aromatic rings. The Labute approximate surface area is 238 Å². The van der Waals surface area contributed by atoms with E-state index < -0.39 is 11.3 Å². The van der Waals surface area contributed by atoms with Crippen molar-refractivity contribution in [2.24, 2.45) is 9.98 Å². The lowest BCUT2D eigenvalue weighted by atomic mass is 10.1. The van der Waals surface area contributed by atoms with Gasteiger partial charge in [0.15, 0.2) is 5.17 Å². The van der Waals surface area contributed by atoms with Crippen LogP contribution in [0.1, 0.15) is 42.0 Å². The molecule has 0 aliphatic carbocycles. The van der Waals surface area contributed by atoms with E-state index in [1.807, 2.05) is 92.7 Å². The molecule has 204 valence electrons. The van der Waals surface area contributed by atoms with Crippen LogP contribution < -0.4 is 10.6 Å². The van der Waals surface area contributed by atoms with Crippen LogP contribution in [0.5, 0.6) is 0 Å². The Morgan fingerprint density at radius 3 is 2.35 bits per heavy atom. The molecule has 0 fully saturated rings. The number of nitrogens with one attached hydrogen (secondary N) is 2. The number of aliphatic imine (C=N–C) groups is 2. The highest BCUT2D eigenvalue weighted by molar-refractivity contribution is 8.15. The lowest BCUT2D eigenvalue weighted by Gasteiger charge is -2.27. The van der Waals surface area contributed by atoms with Crippen LogP contribution in [0.15, 0.2) is 88.8 Å². The van der Waals surface area contributed by atoms with Crippen LogP contribution in [-0.4, -0.2) is 44.9 Å². The molecule has 8 nitrogen and oxygen atoms in total. The summed E-state index contributed by atoms with van der Waals surface area (Å²) in [6, 6.07) is 24.2. The van der Waals surface area contributed by atoms with Crippen LogP contribution in [-0.2, 0) is 27.5 Å². The van der Waals surface area contributed by atoms with Crippen LogP contribution >= 0.6 is 11.8 Å². The number of aryl methyl sites for hydroxylation is 1. The average Bonchev–Trinajstić information content (AvgIpc) is 3.30. The SMILES string of the molecule is CC[C@@H](SC1=Nc2ccccc2C2=N[C@@H](CC(=O)NCc3ccccc3)C(=O)N12)C(=O)NCc1ccc(C)cc1. The van der Waals surface area contributed by atoms with Crippen molar-refractivity contribution in [2.75, 3.05) is 0 Å². The summed E-state index contributed by atoms with van der Waals surface area (Å²) in [6.07, 6.45) is 0.477. The predicted molar refractivity (Wildman–Crippen MR) is 158 cm³/mol. The number of fused-ring (bicyclic) bond motifs is 3. The molecule has 0 bridgehead atoms. The minimum atomic E-state index is -0.863. The number of para-hydroxylation sites is 1. The fraction of sp³-hybridized carbons (Fsp3) is 0.258. The van der Waals surface area contributed by atoms with Gasteiger partial charge in [0.25, 0.3) is 5.91 Å².